The standard InChI is InChI=1S/2C17H16N4O8S.Ba/c2*1-10(22)9-15(23)18-16-11(5-3-7-13(16)29-2)19-20-12-6-4-8-14(30(26,27)28)17(12)21(24)25;/h2*3-8H,9H2,1-2H3,(H,18,23)(H,26,27,28);/q;;+2/p-2. The minimum atomic E-state index is -5.13. The van der Waals surface area contributed by atoms with Crippen molar-refractivity contribution in [3.63, 3.8) is 0 Å². The molecule has 4 aromatic rings. The molecule has 0 aliphatic rings. The molecular weight excluding hydrogens is 978 g/mol. The number of nitro groups is 2. The second-order valence-corrected chi connectivity index (χ2v) is 14.3. The Balaban J connectivity index is 0.000000413. The maximum Gasteiger partial charge on any atom is 2.00 e. The summed E-state index contributed by atoms with van der Waals surface area (Å²) >= 11 is 0. The van der Waals surface area contributed by atoms with E-state index in [1.54, 1.807) is 0 Å². The number of ketones is 2. The number of carbonyl (C=O) groups is 4. The molecule has 0 radical (unpaired) electrons. The van der Waals surface area contributed by atoms with E-state index in [1.165, 1.54) is 64.5 Å². The van der Waals surface area contributed by atoms with E-state index in [0.717, 1.165) is 36.4 Å². The number of rotatable bonds is 16. The Kier molecular flexibility index (Phi) is 19.1. The van der Waals surface area contributed by atoms with Crippen LogP contribution in [0, 0.1) is 20.2 Å². The summed E-state index contributed by atoms with van der Waals surface area (Å²) in [6.07, 6.45) is -0.799. The summed E-state index contributed by atoms with van der Waals surface area (Å²) in [5.74, 6) is -1.70. The second-order valence-electron chi connectivity index (χ2n) is 11.6. The topological polar surface area (TPSA) is 361 Å². The molecule has 0 heterocycles. The third-order valence-corrected chi connectivity index (χ3v) is 8.92. The van der Waals surface area contributed by atoms with Gasteiger partial charge in [-0.15, -0.1) is 20.5 Å². The average Bonchev–Trinajstić information content (AvgIpc) is 3.15. The molecule has 61 heavy (non-hydrogen) atoms. The summed E-state index contributed by atoms with van der Waals surface area (Å²) in [7, 11) is -7.62. The van der Waals surface area contributed by atoms with Gasteiger partial charge in [0.25, 0.3) is 0 Å². The Morgan fingerprint density at radius 3 is 1.15 bits per heavy atom. The number of hydrogen-bond acceptors (Lipinski definition) is 20. The van der Waals surface area contributed by atoms with E-state index in [0.29, 0.717) is 0 Å². The Bertz CT molecular complexity index is 2480. The van der Waals surface area contributed by atoms with Gasteiger partial charge in [0.2, 0.25) is 11.8 Å². The van der Waals surface area contributed by atoms with Gasteiger partial charge >= 0.3 is 60.3 Å². The molecule has 4 aromatic carbocycles. The molecule has 0 saturated heterocycles. The Hall–Kier alpha value is -5.85. The normalized spacial score (nSPS) is 11.1. The zero-order valence-corrected chi connectivity index (χ0v) is 38.2. The van der Waals surface area contributed by atoms with Crippen molar-refractivity contribution in [2.24, 2.45) is 20.5 Å². The molecule has 0 unspecified atom stereocenters. The number of ether oxygens (including phenoxy) is 2. The van der Waals surface area contributed by atoms with Crippen molar-refractivity contribution in [2.45, 2.75) is 36.5 Å². The van der Waals surface area contributed by atoms with Crippen LogP contribution in [0.3, 0.4) is 0 Å². The van der Waals surface area contributed by atoms with Gasteiger partial charge in [-0.1, -0.05) is 24.3 Å². The fraction of sp³-hybridized carbons (Fsp3) is 0.176. The summed E-state index contributed by atoms with van der Waals surface area (Å²) in [5.41, 5.74) is -2.91. The van der Waals surface area contributed by atoms with Crippen molar-refractivity contribution in [3.05, 3.63) is 93.0 Å². The molecule has 0 aliphatic carbocycles. The van der Waals surface area contributed by atoms with Crippen molar-refractivity contribution in [1.82, 2.24) is 0 Å². The number of nitrogens with zero attached hydrogens (tertiary/aromatic N) is 6. The number of carbonyl (C=O) groups excluding carboxylic acids is 4. The molecule has 0 saturated carbocycles. The molecule has 0 aromatic heterocycles. The Labute approximate surface area is 385 Å². The van der Waals surface area contributed by atoms with Gasteiger partial charge in [0.05, 0.1) is 36.9 Å². The molecule has 0 spiro atoms. The van der Waals surface area contributed by atoms with Gasteiger partial charge in [0.1, 0.15) is 75.8 Å². The monoisotopic (exact) mass is 1010 g/mol. The zero-order valence-electron chi connectivity index (χ0n) is 32.1. The predicted molar refractivity (Wildman–Crippen MR) is 210 cm³/mol. The molecule has 0 bridgehead atoms. The van der Waals surface area contributed by atoms with E-state index >= 15 is 0 Å². The second kappa shape index (κ2) is 22.7. The first-order valence-corrected chi connectivity index (χ1v) is 19.1. The van der Waals surface area contributed by atoms with Crippen molar-refractivity contribution in [2.75, 3.05) is 24.9 Å². The van der Waals surface area contributed by atoms with Crippen molar-refractivity contribution < 1.29 is 64.4 Å². The molecule has 4 rings (SSSR count). The van der Waals surface area contributed by atoms with Gasteiger partial charge in [-0.3, -0.25) is 39.4 Å². The minimum Gasteiger partial charge on any atom is -0.744 e. The number of benzene rings is 4. The summed E-state index contributed by atoms with van der Waals surface area (Å²) in [6.45, 7) is 2.47. The number of Topliss-reactive ketones (excluding diaryl/α,β-unsaturated/α-hetero) is 2. The summed E-state index contributed by atoms with van der Waals surface area (Å²) in [6, 6.07) is 14.8. The molecule has 0 atom stereocenters. The Morgan fingerprint density at radius 1 is 0.574 bits per heavy atom. The molecule has 2 amide bonds. The van der Waals surface area contributed by atoms with Crippen LogP contribution in [-0.4, -0.2) is 122 Å². The van der Waals surface area contributed by atoms with E-state index < -0.39 is 87.3 Å². The molecule has 27 heteroatoms. The predicted octanol–water partition coefficient (Wildman–Crippen LogP) is 5.30. The SMILES string of the molecule is COc1cccc(N=Nc2cccc(S(=O)(=O)[O-])c2[N+](=O)[O-])c1NC(=O)CC(C)=O.COc1cccc(N=Nc2cccc(S(=O)(=O)[O-])c2[N+](=O)[O-])c1NC(=O)CC(C)=O.[Ba+2]. The minimum absolute atomic E-state index is 0. The fourth-order valence-electron chi connectivity index (χ4n) is 4.79. The third kappa shape index (κ3) is 14.7. The molecule has 0 aliphatic heterocycles. The van der Waals surface area contributed by atoms with Crippen molar-refractivity contribution in [1.29, 1.82) is 0 Å². The molecule has 0 fully saturated rings. The number of azo groups is 2. The van der Waals surface area contributed by atoms with Gasteiger partial charge in [-0.2, -0.15) is 0 Å². The van der Waals surface area contributed by atoms with Crippen molar-refractivity contribution >= 4 is 138 Å². The number of hydrogen-bond donors (Lipinski definition) is 2. The molecular formula is C34H30BaN8O16S2. The third-order valence-electron chi connectivity index (χ3n) is 7.19. The number of nitrogens with one attached hydrogen (secondary N) is 2. The van der Waals surface area contributed by atoms with Gasteiger partial charge in [-0.25, -0.2) is 16.8 Å². The quantitative estimate of drug-likeness (QED) is 0.0359. The van der Waals surface area contributed by atoms with Crippen LogP contribution in [0.5, 0.6) is 11.5 Å². The van der Waals surface area contributed by atoms with E-state index in [1.807, 2.05) is 0 Å². The maximum atomic E-state index is 12.0. The van der Waals surface area contributed by atoms with Crippen LogP contribution in [0.25, 0.3) is 0 Å². The van der Waals surface area contributed by atoms with E-state index in [9.17, 15) is 65.3 Å². The first-order valence-electron chi connectivity index (χ1n) is 16.3. The molecule has 2 N–H and O–H groups in total. The number of amides is 2. The largest absolute Gasteiger partial charge is 2.00 e. The smallest absolute Gasteiger partial charge is 0.744 e. The fourth-order valence-corrected chi connectivity index (χ4v) is 6.11. The van der Waals surface area contributed by atoms with E-state index in [2.05, 4.69) is 31.1 Å². The number of para-hydroxylation sites is 4. The first kappa shape index (κ1) is 51.3. The number of nitro benzene ring substituents is 2. The average molecular weight is 1010 g/mol. The van der Waals surface area contributed by atoms with Crippen molar-refractivity contribution in [3.8, 4) is 11.5 Å². The van der Waals surface area contributed by atoms with Crippen LogP contribution in [0.1, 0.15) is 26.7 Å². The van der Waals surface area contributed by atoms with E-state index in [4.69, 9.17) is 9.47 Å². The van der Waals surface area contributed by atoms with E-state index in [-0.39, 0.29) is 94.7 Å². The number of anilines is 2. The molecule has 316 valence electrons. The zero-order chi connectivity index (χ0) is 44.9. The van der Waals surface area contributed by atoms with Crippen LogP contribution < -0.4 is 20.1 Å². The van der Waals surface area contributed by atoms with Gasteiger partial charge in [-0.05, 0) is 62.4 Å². The van der Waals surface area contributed by atoms with Gasteiger partial charge < -0.3 is 29.2 Å². The van der Waals surface area contributed by atoms with Crippen LogP contribution in [0.4, 0.5) is 45.5 Å². The summed E-state index contributed by atoms with van der Waals surface area (Å²) in [4.78, 5) is 64.6. The van der Waals surface area contributed by atoms with Gasteiger partial charge in [0.15, 0.2) is 11.4 Å². The first-order chi connectivity index (χ1) is 28.1. The number of methoxy groups -OCH3 is 2. The van der Waals surface area contributed by atoms with Gasteiger partial charge in [0, 0.05) is 0 Å². The van der Waals surface area contributed by atoms with Crippen LogP contribution in [0.15, 0.2) is 103 Å². The summed E-state index contributed by atoms with van der Waals surface area (Å²) < 4.78 is 78.1. The van der Waals surface area contributed by atoms with Crippen LogP contribution in [-0.2, 0) is 39.4 Å². The Morgan fingerprint density at radius 2 is 0.869 bits per heavy atom. The molecule has 24 nitrogen and oxygen atoms in total. The van der Waals surface area contributed by atoms with Crippen LogP contribution >= 0.6 is 0 Å². The summed E-state index contributed by atoms with van der Waals surface area (Å²) in [5, 5.41) is 42.5. The maximum absolute atomic E-state index is 12.0. The van der Waals surface area contributed by atoms with Crippen LogP contribution in [0.2, 0.25) is 0 Å².